The van der Waals surface area contributed by atoms with Crippen molar-refractivity contribution in [2.45, 2.75) is 44.9 Å². The van der Waals surface area contributed by atoms with E-state index in [-0.39, 0.29) is 5.91 Å². The van der Waals surface area contributed by atoms with Gasteiger partial charge in [0.15, 0.2) is 0 Å². The molecule has 1 aromatic heterocycles. The summed E-state index contributed by atoms with van der Waals surface area (Å²) in [6, 6.07) is 4.01. The second-order valence-corrected chi connectivity index (χ2v) is 7.29. The molecule has 0 spiro atoms. The van der Waals surface area contributed by atoms with Crippen LogP contribution in [-0.2, 0) is 4.79 Å². The van der Waals surface area contributed by atoms with E-state index in [1.807, 2.05) is 12.1 Å². The predicted octanol–water partition coefficient (Wildman–Crippen LogP) is 3.45. The van der Waals surface area contributed by atoms with Gasteiger partial charge in [0.25, 0.3) is 0 Å². The number of anilines is 2. The average Bonchev–Trinajstić information content (AvgIpc) is 3.25. The monoisotopic (exact) mass is 299 g/mol. The molecule has 3 unspecified atom stereocenters. The maximum Gasteiger partial charge on any atom is 0.224 e. The highest BCUT2D eigenvalue weighted by Gasteiger charge is 2.40. The van der Waals surface area contributed by atoms with Gasteiger partial charge in [-0.1, -0.05) is 6.42 Å². The Labute approximate surface area is 132 Å². The standard InChI is InChI=1S/C18H25N3O/c22-18(11-15-10-13-3-4-14(15)9-13)20-16-5-6-17(19-12-16)21-7-1-2-8-21/h5-6,12-15H,1-4,7-11H2,(H,20,22). The first-order chi connectivity index (χ1) is 10.8. The number of pyridine rings is 1. The number of hydrogen-bond acceptors (Lipinski definition) is 3. The van der Waals surface area contributed by atoms with Crippen molar-refractivity contribution in [1.29, 1.82) is 0 Å². The molecule has 3 aliphatic rings. The van der Waals surface area contributed by atoms with Crippen LogP contribution in [0.4, 0.5) is 11.5 Å². The minimum absolute atomic E-state index is 0.160. The summed E-state index contributed by atoms with van der Waals surface area (Å²) in [5.74, 6) is 3.53. The lowest BCUT2D eigenvalue weighted by molar-refractivity contribution is -0.117. The molecule has 22 heavy (non-hydrogen) atoms. The maximum atomic E-state index is 12.2. The van der Waals surface area contributed by atoms with Gasteiger partial charge in [0, 0.05) is 19.5 Å². The zero-order valence-electron chi connectivity index (χ0n) is 13.1. The molecule has 2 bridgehead atoms. The Balaban J connectivity index is 1.31. The Morgan fingerprint density at radius 2 is 2.09 bits per heavy atom. The third-order valence-corrected chi connectivity index (χ3v) is 5.79. The molecule has 2 heterocycles. The van der Waals surface area contributed by atoms with Crippen molar-refractivity contribution in [3.63, 3.8) is 0 Å². The van der Waals surface area contributed by atoms with Gasteiger partial charge in [-0.15, -0.1) is 0 Å². The molecule has 3 fully saturated rings. The molecule has 4 nitrogen and oxygen atoms in total. The summed E-state index contributed by atoms with van der Waals surface area (Å²) in [5.41, 5.74) is 0.830. The number of hydrogen-bond donors (Lipinski definition) is 1. The SMILES string of the molecule is O=C(CC1CC2CCC1C2)Nc1ccc(N2CCCC2)nc1. The van der Waals surface area contributed by atoms with E-state index >= 15 is 0 Å². The maximum absolute atomic E-state index is 12.2. The van der Waals surface area contributed by atoms with Gasteiger partial charge in [-0.3, -0.25) is 4.79 Å². The summed E-state index contributed by atoms with van der Waals surface area (Å²) < 4.78 is 0. The van der Waals surface area contributed by atoms with E-state index < -0.39 is 0 Å². The fraction of sp³-hybridized carbons (Fsp3) is 0.667. The Morgan fingerprint density at radius 3 is 2.73 bits per heavy atom. The predicted molar refractivity (Wildman–Crippen MR) is 87.9 cm³/mol. The van der Waals surface area contributed by atoms with Crippen molar-refractivity contribution in [2.24, 2.45) is 17.8 Å². The lowest BCUT2D eigenvalue weighted by Gasteiger charge is -2.21. The molecule has 118 valence electrons. The quantitative estimate of drug-likeness (QED) is 0.926. The molecule has 0 aromatic carbocycles. The minimum atomic E-state index is 0.160. The molecule has 1 aliphatic heterocycles. The second-order valence-electron chi connectivity index (χ2n) is 7.29. The highest BCUT2D eigenvalue weighted by atomic mass is 16.1. The minimum Gasteiger partial charge on any atom is -0.357 e. The van der Waals surface area contributed by atoms with Crippen LogP contribution in [0.2, 0.25) is 0 Å². The van der Waals surface area contributed by atoms with E-state index in [0.717, 1.165) is 36.4 Å². The Hall–Kier alpha value is -1.58. The smallest absolute Gasteiger partial charge is 0.224 e. The van der Waals surface area contributed by atoms with Gasteiger partial charge in [0.2, 0.25) is 5.91 Å². The summed E-state index contributed by atoms with van der Waals surface area (Å²) in [5, 5.41) is 3.03. The summed E-state index contributed by atoms with van der Waals surface area (Å²) >= 11 is 0. The van der Waals surface area contributed by atoms with Crippen molar-refractivity contribution in [3.8, 4) is 0 Å². The fourth-order valence-electron chi connectivity index (χ4n) is 4.67. The van der Waals surface area contributed by atoms with E-state index in [4.69, 9.17) is 0 Å². The van der Waals surface area contributed by atoms with Crippen LogP contribution in [0, 0.1) is 17.8 Å². The van der Waals surface area contributed by atoms with E-state index in [0.29, 0.717) is 12.3 Å². The van der Waals surface area contributed by atoms with Crippen LogP contribution in [0.3, 0.4) is 0 Å². The van der Waals surface area contributed by atoms with Crippen molar-refractivity contribution in [2.75, 3.05) is 23.3 Å². The summed E-state index contributed by atoms with van der Waals surface area (Å²) in [6.07, 6.45) is 10.4. The molecular formula is C18H25N3O. The highest BCUT2D eigenvalue weighted by molar-refractivity contribution is 5.90. The number of nitrogens with one attached hydrogen (secondary N) is 1. The lowest BCUT2D eigenvalue weighted by atomic mass is 9.86. The van der Waals surface area contributed by atoms with Crippen molar-refractivity contribution >= 4 is 17.4 Å². The average molecular weight is 299 g/mol. The molecule has 4 heteroatoms. The van der Waals surface area contributed by atoms with E-state index in [1.54, 1.807) is 6.20 Å². The molecule has 2 saturated carbocycles. The molecular weight excluding hydrogens is 274 g/mol. The molecule has 4 rings (SSSR count). The Morgan fingerprint density at radius 1 is 1.23 bits per heavy atom. The third-order valence-electron chi connectivity index (χ3n) is 5.79. The first kappa shape index (κ1) is 14.0. The molecule has 1 N–H and O–H groups in total. The fourth-order valence-corrected chi connectivity index (χ4v) is 4.67. The van der Waals surface area contributed by atoms with Crippen LogP contribution in [0.1, 0.15) is 44.9 Å². The van der Waals surface area contributed by atoms with Crippen molar-refractivity contribution < 1.29 is 4.79 Å². The van der Waals surface area contributed by atoms with Gasteiger partial charge >= 0.3 is 0 Å². The second kappa shape index (κ2) is 5.90. The number of carbonyl (C=O) groups excluding carboxylic acids is 1. The summed E-state index contributed by atoms with van der Waals surface area (Å²) in [4.78, 5) is 19.0. The third kappa shape index (κ3) is 2.83. The number of carbonyl (C=O) groups is 1. The van der Waals surface area contributed by atoms with Gasteiger partial charge in [-0.05, 0) is 62.0 Å². The van der Waals surface area contributed by atoms with Gasteiger partial charge in [0.1, 0.15) is 5.82 Å². The largest absolute Gasteiger partial charge is 0.357 e. The first-order valence-corrected chi connectivity index (χ1v) is 8.79. The lowest BCUT2D eigenvalue weighted by Crippen LogP contribution is -2.21. The summed E-state index contributed by atoms with van der Waals surface area (Å²) in [6.45, 7) is 2.20. The molecule has 1 amide bonds. The van der Waals surface area contributed by atoms with E-state index in [9.17, 15) is 4.79 Å². The zero-order valence-corrected chi connectivity index (χ0v) is 13.1. The Bertz CT molecular complexity index is 536. The van der Waals surface area contributed by atoms with Crippen LogP contribution >= 0.6 is 0 Å². The van der Waals surface area contributed by atoms with Crippen molar-refractivity contribution in [3.05, 3.63) is 18.3 Å². The normalized spacial score (nSPS) is 30.0. The van der Waals surface area contributed by atoms with Gasteiger partial charge in [-0.25, -0.2) is 4.98 Å². The number of amides is 1. The molecule has 1 aromatic rings. The van der Waals surface area contributed by atoms with E-state index in [2.05, 4.69) is 15.2 Å². The van der Waals surface area contributed by atoms with Gasteiger partial charge in [-0.2, -0.15) is 0 Å². The summed E-state index contributed by atoms with van der Waals surface area (Å²) in [7, 11) is 0. The topological polar surface area (TPSA) is 45.2 Å². The van der Waals surface area contributed by atoms with Gasteiger partial charge in [0.05, 0.1) is 11.9 Å². The highest BCUT2D eigenvalue weighted by Crippen LogP contribution is 2.49. The number of aromatic nitrogens is 1. The van der Waals surface area contributed by atoms with Crippen LogP contribution in [0.25, 0.3) is 0 Å². The van der Waals surface area contributed by atoms with Crippen LogP contribution < -0.4 is 10.2 Å². The van der Waals surface area contributed by atoms with Crippen LogP contribution in [0.15, 0.2) is 18.3 Å². The van der Waals surface area contributed by atoms with Crippen LogP contribution in [-0.4, -0.2) is 24.0 Å². The number of fused-ring (bicyclic) bond motifs is 2. The van der Waals surface area contributed by atoms with Crippen molar-refractivity contribution in [1.82, 2.24) is 4.98 Å². The molecule has 1 saturated heterocycles. The molecule has 2 aliphatic carbocycles. The van der Waals surface area contributed by atoms with Crippen LogP contribution in [0.5, 0.6) is 0 Å². The Kier molecular flexibility index (Phi) is 3.77. The van der Waals surface area contributed by atoms with Gasteiger partial charge < -0.3 is 10.2 Å². The zero-order chi connectivity index (χ0) is 14.9. The van der Waals surface area contributed by atoms with E-state index in [1.165, 1.54) is 38.5 Å². The molecule has 3 atom stereocenters. The number of rotatable bonds is 4. The molecule has 0 radical (unpaired) electrons. The number of nitrogens with zero attached hydrogens (tertiary/aromatic N) is 2. The first-order valence-electron chi connectivity index (χ1n) is 8.79.